The Bertz CT molecular complexity index is 189. The van der Waals surface area contributed by atoms with Gasteiger partial charge in [0.05, 0.1) is 6.26 Å². The first-order chi connectivity index (χ1) is 5.22. The number of carboxylic acid groups (broad SMARTS) is 1. The maximum atomic E-state index is 10.4. The topological polar surface area (TPSA) is 116 Å². The fourth-order valence-electron chi connectivity index (χ4n) is 0.520. The van der Waals surface area contributed by atoms with Crippen LogP contribution in [0.5, 0.6) is 0 Å². The third-order valence-electron chi connectivity index (χ3n) is 0.975. The van der Waals surface area contributed by atoms with Crippen molar-refractivity contribution in [3.05, 3.63) is 12.3 Å². The average Bonchev–Trinajstić information content (AvgIpc) is 2.39. The first-order valence-corrected chi connectivity index (χ1v) is 2.65. The van der Waals surface area contributed by atoms with E-state index in [1.54, 1.807) is 0 Å². The Balaban J connectivity index is 0.000000461. The molecule has 1 atom stereocenters. The molecule has 0 aliphatic carbocycles. The molecule has 1 rings (SSSR count). The van der Waals surface area contributed by atoms with Gasteiger partial charge in [0.1, 0.15) is 0 Å². The lowest BCUT2D eigenvalue weighted by Gasteiger charge is -1.93. The van der Waals surface area contributed by atoms with Crippen molar-refractivity contribution in [2.45, 2.75) is 0 Å². The van der Waals surface area contributed by atoms with Crippen molar-refractivity contribution in [3.63, 3.8) is 0 Å². The highest BCUT2D eigenvalue weighted by atomic mass is 16.5. The molecular weight excluding hydrogens is 152 g/mol. The SMILES string of the molecule is NN.O=C(O)C1C=COC1=O. The van der Waals surface area contributed by atoms with Gasteiger partial charge in [0.2, 0.25) is 0 Å². The minimum absolute atomic E-state index is 0.720. The second kappa shape index (κ2) is 4.42. The van der Waals surface area contributed by atoms with Gasteiger partial charge >= 0.3 is 11.9 Å². The van der Waals surface area contributed by atoms with Crippen LogP contribution in [0.4, 0.5) is 0 Å². The van der Waals surface area contributed by atoms with Crippen LogP contribution in [0.25, 0.3) is 0 Å². The number of hydrazine groups is 1. The minimum Gasteiger partial charge on any atom is -0.480 e. The van der Waals surface area contributed by atoms with Gasteiger partial charge in [-0.05, 0) is 6.08 Å². The molecule has 1 aliphatic rings. The summed E-state index contributed by atoms with van der Waals surface area (Å²) >= 11 is 0. The van der Waals surface area contributed by atoms with Crippen molar-refractivity contribution < 1.29 is 19.4 Å². The molecule has 0 bridgehead atoms. The number of esters is 1. The fourth-order valence-corrected chi connectivity index (χ4v) is 0.520. The van der Waals surface area contributed by atoms with Gasteiger partial charge in [0.15, 0.2) is 5.92 Å². The van der Waals surface area contributed by atoms with E-state index in [0.29, 0.717) is 0 Å². The highest BCUT2D eigenvalue weighted by molar-refractivity contribution is 5.97. The van der Waals surface area contributed by atoms with E-state index in [0.717, 1.165) is 6.26 Å². The van der Waals surface area contributed by atoms with Crippen LogP contribution in [0.1, 0.15) is 0 Å². The van der Waals surface area contributed by atoms with Crippen molar-refractivity contribution in [2.24, 2.45) is 17.6 Å². The molecule has 0 amide bonds. The third kappa shape index (κ3) is 2.36. The van der Waals surface area contributed by atoms with Crippen molar-refractivity contribution in [3.8, 4) is 0 Å². The lowest BCUT2D eigenvalue weighted by atomic mass is 10.2. The summed E-state index contributed by atoms with van der Waals surface area (Å²) in [5.74, 6) is 5.02. The molecule has 6 heteroatoms. The molecule has 0 saturated carbocycles. The molecule has 0 radical (unpaired) electrons. The second-order valence-corrected chi connectivity index (χ2v) is 1.58. The van der Waals surface area contributed by atoms with Crippen molar-refractivity contribution in [2.75, 3.05) is 0 Å². The van der Waals surface area contributed by atoms with Crippen molar-refractivity contribution in [1.29, 1.82) is 0 Å². The molecule has 0 aromatic carbocycles. The van der Waals surface area contributed by atoms with E-state index in [9.17, 15) is 9.59 Å². The van der Waals surface area contributed by atoms with Crippen LogP contribution in [0.2, 0.25) is 0 Å². The summed E-state index contributed by atoms with van der Waals surface area (Å²) in [5.41, 5.74) is 0. The number of nitrogens with two attached hydrogens (primary N) is 2. The quantitative estimate of drug-likeness (QED) is 0.187. The maximum Gasteiger partial charge on any atom is 0.329 e. The standard InChI is InChI=1S/C5H4O4.H4N2/c6-4(7)3-1-2-9-5(3)8;1-2/h1-3H,(H,6,7);1-2H2. The molecule has 0 spiro atoms. The molecule has 1 aliphatic heterocycles. The van der Waals surface area contributed by atoms with E-state index in [4.69, 9.17) is 5.11 Å². The number of hydrogen-bond acceptors (Lipinski definition) is 5. The van der Waals surface area contributed by atoms with E-state index in [-0.39, 0.29) is 0 Å². The number of cyclic esters (lactones) is 1. The van der Waals surface area contributed by atoms with Gasteiger partial charge in [-0.1, -0.05) is 0 Å². The van der Waals surface area contributed by atoms with Crippen LogP contribution in [-0.4, -0.2) is 17.0 Å². The normalized spacial score (nSPS) is 20.2. The Hall–Kier alpha value is -1.40. The van der Waals surface area contributed by atoms with Gasteiger partial charge in [0.25, 0.3) is 0 Å². The number of rotatable bonds is 1. The van der Waals surface area contributed by atoms with Crippen LogP contribution in [0.3, 0.4) is 0 Å². The number of hydrogen-bond donors (Lipinski definition) is 3. The van der Waals surface area contributed by atoms with E-state index in [1.807, 2.05) is 0 Å². The summed E-state index contributed by atoms with van der Waals surface area (Å²) in [6.45, 7) is 0. The summed E-state index contributed by atoms with van der Waals surface area (Å²) in [5, 5.41) is 8.23. The molecule has 0 aromatic rings. The summed E-state index contributed by atoms with van der Waals surface area (Å²) < 4.78 is 4.23. The van der Waals surface area contributed by atoms with Crippen molar-refractivity contribution in [1.82, 2.24) is 0 Å². The zero-order chi connectivity index (χ0) is 8.85. The summed E-state index contributed by atoms with van der Waals surface area (Å²) in [7, 11) is 0. The predicted molar refractivity (Wildman–Crippen MR) is 34.7 cm³/mol. The van der Waals surface area contributed by atoms with Crippen LogP contribution in [-0.2, 0) is 14.3 Å². The lowest BCUT2D eigenvalue weighted by molar-refractivity contribution is -0.150. The van der Waals surface area contributed by atoms with Gasteiger partial charge in [-0.25, -0.2) is 0 Å². The molecule has 5 N–H and O–H groups in total. The maximum absolute atomic E-state index is 10.4. The number of carbonyl (C=O) groups excluding carboxylic acids is 1. The molecule has 0 saturated heterocycles. The number of carboxylic acids is 1. The number of aliphatic carboxylic acids is 1. The van der Waals surface area contributed by atoms with Gasteiger partial charge < -0.3 is 9.84 Å². The zero-order valence-corrected chi connectivity index (χ0v) is 5.56. The molecule has 0 fully saturated rings. The van der Waals surface area contributed by atoms with E-state index >= 15 is 0 Å². The van der Waals surface area contributed by atoms with Crippen LogP contribution in [0, 0.1) is 5.92 Å². The second-order valence-electron chi connectivity index (χ2n) is 1.58. The average molecular weight is 160 g/mol. The van der Waals surface area contributed by atoms with E-state index in [2.05, 4.69) is 16.4 Å². The number of carbonyl (C=O) groups is 2. The third-order valence-corrected chi connectivity index (χ3v) is 0.975. The van der Waals surface area contributed by atoms with Crippen molar-refractivity contribution >= 4 is 11.9 Å². The Labute approximate surface area is 62.4 Å². The van der Waals surface area contributed by atoms with E-state index < -0.39 is 17.9 Å². The molecule has 0 aromatic heterocycles. The molecular formula is C5H8N2O4. The molecule has 11 heavy (non-hydrogen) atoms. The first kappa shape index (κ1) is 9.60. The molecule has 62 valence electrons. The summed E-state index contributed by atoms with van der Waals surface area (Å²) in [6, 6.07) is 0. The Morgan fingerprint density at radius 2 is 2.18 bits per heavy atom. The number of ether oxygens (including phenoxy) is 1. The summed E-state index contributed by atoms with van der Waals surface area (Å²) in [6.07, 6.45) is 2.28. The molecule has 6 nitrogen and oxygen atoms in total. The smallest absolute Gasteiger partial charge is 0.329 e. The largest absolute Gasteiger partial charge is 0.480 e. The van der Waals surface area contributed by atoms with Gasteiger partial charge in [-0.15, -0.1) is 0 Å². The first-order valence-electron chi connectivity index (χ1n) is 2.65. The van der Waals surface area contributed by atoms with Crippen LogP contribution >= 0.6 is 0 Å². The Morgan fingerprint density at radius 1 is 1.64 bits per heavy atom. The predicted octanol–water partition coefficient (Wildman–Crippen LogP) is -1.42. The zero-order valence-electron chi connectivity index (χ0n) is 5.56. The monoisotopic (exact) mass is 160 g/mol. The highest BCUT2D eigenvalue weighted by Crippen LogP contribution is 2.09. The Morgan fingerprint density at radius 3 is 2.36 bits per heavy atom. The highest BCUT2D eigenvalue weighted by Gasteiger charge is 2.28. The van der Waals surface area contributed by atoms with Crippen LogP contribution < -0.4 is 11.7 Å². The fraction of sp³-hybridized carbons (Fsp3) is 0.200. The summed E-state index contributed by atoms with van der Waals surface area (Å²) in [4.78, 5) is 20.4. The van der Waals surface area contributed by atoms with Crippen LogP contribution in [0.15, 0.2) is 12.3 Å². The molecule has 1 heterocycles. The lowest BCUT2D eigenvalue weighted by Crippen LogP contribution is -2.18. The van der Waals surface area contributed by atoms with Gasteiger partial charge in [0, 0.05) is 0 Å². The van der Waals surface area contributed by atoms with Gasteiger partial charge in [-0.2, -0.15) is 0 Å². The van der Waals surface area contributed by atoms with Gasteiger partial charge in [-0.3, -0.25) is 21.3 Å². The van der Waals surface area contributed by atoms with E-state index in [1.165, 1.54) is 6.08 Å². The minimum atomic E-state index is -1.17. The Kier molecular flexibility index (Phi) is 3.86. The molecule has 1 unspecified atom stereocenters.